The summed E-state index contributed by atoms with van der Waals surface area (Å²) < 4.78 is 0. The second-order valence-corrected chi connectivity index (χ2v) is 14.0. The lowest BCUT2D eigenvalue weighted by Gasteiger charge is -2.32. The van der Waals surface area contributed by atoms with E-state index in [9.17, 15) is 0 Å². The summed E-state index contributed by atoms with van der Waals surface area (Å²) in [6.07, 6.45) is -0.362. The molecular weight excluding hydrogens is 655 g/mol. The molecule has 256 valence electrons. The number of benzene rings is 9. The van der Waals surface area contributed by atoms with E-state index in [1.54, 1.807) is 0 Å². The predicted octanol–water partition coefficient (Wildman–Crippen LogP) is 12.5. The Balaban J connectivity index is 1.06. The fourth-order valence-electron chi connectivity index (χ4n) is 8.00. The summed E-state index contributed by atoms with van der Waals surface area (Å²) in [5.41, 5.74) is 10.5. The summed E-state index contributed by atoms with van der Waals surface area (Å²) in [6.45, 7) is 0. The van der Waals surface area contributed by atoms with Crippen LogP contribution < -0.4 is 10.6 Å². The highest BCUT2D eigenvalue weighted by atomic mass is 15.3. The molecular formula is C51H37N3. The molecule has 2 atom stereocenters. The number of amidine groups is 1. The summed E-state index contributed by atoms with van der Waals surface area (Å²) in [5.74, 6) is 0.870. The molecule has 10 rings (SSSR count). The number of hydrogen-bond donors (Lipinski definition) is 2. The van der Waals surface area contributed by atoms with Crippen LogP contribution in [-0.2, 0) is 0 Å². The Bertz CT molecular complexity index is 2820. The number of rotatable bonds is 6. The molecule has 1 aliphatic rings. The first-order chi connectivity index (χ1) is 26.7. The molecule has 0 radical (unpaired) electrons. The maximum atomic E-state index is 5.30. The molecule has 1 heterocycles. The Morgan fingerprint density at radius 3 is 1.76 bits per heavy atom. The first kappa shape index (κ1) is 31.9. The molecule has 9 aromatic carbocycles. The minimum Gasteiger partial charge on any atom is -0.350 e. The van der Waals surface area contributed by atoms with Crippen LogP contribution >= 0.6 is 0 Å². The van der Waals surface area contributed by atoms with E-state index in [1.165, 1.54) is 65.7 Å². The molecule has 1 aliphatic heterocycles. The molecule has 9 aromatic rings. The fourth-order valence-corrected chi connectivity index (χ4v) is 8.00. The number of nitrogens with zero attached hydrogens (tertiary/aromatic N) is 1. The average molecular weight is 692 g/mol. The number of nitrogens with one attached hydrogen (secondary N) is 2. The Hall–Kier alpha value is -6.81. The van der Waals surface area contributed by atoms with Crippen LogP contribution in [0.15, 0.2) is 205 Å². The van der Waals surface area contributed by atoms with Crippen molar-refractivity contribution in [2.75, 3.05) is 0 Å². The van der Waals surface area contributed by atoms with E-state index in [1.807, 2.05) is 0 Å². The summed E-state index contributed by atoms with van der Waals surface area (Å²) in [5, 5.41) is 15.0. The van der Waals surface area contributed by atoms with Crippen LogP contribution in [0.1, 0.15) is 29.0 Å². The third-order valence-corrected chi connectivity index (χ3v) is 10.7. The van der Waals surface area contributed by atoms with Gasteiger partial charge in [0.1, 0.15) is 18.2 Å². The van der Waals surface area contributed by atoms with Gasteiger partial charge in [-0.1, -0.05) is 188 Å². The van der Waals surface area contributed by atoms with Gasteiger partial charge < -0.3 is 5.32 Å². The minimum atomic E-state index is -0.248. The second-order valence-electron chi connectivity index (χ2n) is 14.0. The minimum absolute atomic E-state index is 0.114. The van der Waals surface area contributed by atoms with Gasteiger partial charge in [-0.2, -0.15) is 0 Å². The summed E-state index contributed by atoms with van der Waals surface area (Å²) >= 11 is 0. The third-order valence-electron chi connectivity index (χ3n) is 10.7. The van der Waals surface area contributed by atoms with Crippen molar-refractivity contribution < 1.29 is 0 Å². The van der Waals surface area contributed by atoms with E-state index in [0.29, 0.717) is 0 Å². The zero-order valence-electron chi connectivity index (χ0n) is 29.7. The standard InChI is InChI=1S/C51H37N3/c1-3-12-34(13-4-1)41-18-11-19-43(32-41)51-53-49(39-16-5-2-6-17-39)52-50(54-51)40-27-25-38(26-28-40)48-45-21-10-8-15-36(45)30-31-46(48)42-29-24-37-23-22-35-14-7-9-20-44(35)47(37)33-42/h1-33,49-50,52H,(H,53,54). The molecule has 0 aromatic heterocycles. The van der Waals surface area contributed by atoms with Gasteiger partial charge in [-0.05, 0) is 89.0 Å². The molecule has 2 N–H and O–H groups in total. The van der Waals surface area contributed by atoms with Crippen LogP contribution in [0.25, 0.3) is 65.7 Å². The molecule has 0 fully saturated rings. The first-order valence-corrected chi connectivity index (χ1v) is 18.6. The van der Waals surface area contributed by atoms with Crippen molar-refractivity contribution >= 4 is 38.2 Å². The Kier molecular flexibility index (Phi) is 8.05. The van der Waals surface area contributed by atoms with Gasteiger partial charge in [-0.25, -0.2) is 4.99 Å². The molecule has 0 saturated carbocycles. The molecule has 0 spiro atoms. The maximum Gasteiger partial charge on any atom is 0.131 e. The molecule has 2 unspecified atom stereocenters. The fraction of sp³-hybridized carbons (Fsp3) is 0.0392. The number of aliphatic imine (C=N–C) groups is 1. The normalized spacial score (nSPS) is 15.6. The van der Waals surface area contributed by atoms with E-state index < -0.39 is 0 Å². The van der Waals surface area contributed by atoms with Crippen molar-refractivity contribution in [3.8, 4) is 33.4 Å². The Labute approximate surface area is 315 Å². The molecule has 3 heteroatoms. The highest BCUT2D eigenvalue weighted by Gasteiger charge is 2.26. The van der Waals surface area contributed by atoms with Crippen LogP contribution in [-0.4, -0.2) is 5.84 Å². The Morgan fingerprint density at radius 1 is 0.370 bits per heavy atom. The van der Waals surface area contributed by atoms with Crippen LogP contribution in [0.5, 0.6) is 0 Å². The molecule has 3 nitrogen and oxygen atoms in total. The van der Waals surface area contributed by atoms with Crippen LogP contribution in [0.3, 0.4) is 0 Å². The lowest BCUT2D eigenvalue weighted by Crippen LogP contribution is -2.44. The molecule has 0 amide bonds. The van der Waals surface area contributed by atoms with Gasteiger partial charge in [0.05, 0.1) is 0 Å². The van der Waals surface area contributed by atoms with Crippen LogP contribution in [0.4, 0.5) is 0 Å². The average Bonchev–Trinajstić information content (AvgIpc) is 3.26. The van der Waals surface area contributed by atoms with Gasteiger partial charge in [0.25, 0.3) is 0 Å². The zero-order chi connectivity index (χ0) is 35.8. The van der Waals surface area contributed by atoms with Crippen LogP contribution in [0, 0.1) is 0 Å². The lowest BCUT2D eigenvalue weighted by atomic mass is 9.88. The van der Waals surface area contributed by atoms with E-state index in [4.69, 9.17) is 4.99 Å². The molecule has 54 heavy (non-hydrogen) atoms. The van der Waals surface area contributed by atoms with Gasteiger partial charge in [-0.15, -0.1) is 0 Å². The summed E-state index contributed by atoms with van der Waals surface area (Å²) in [7, 11) is 0. The molecule has 0 aliphatic carbocycles. The third kappa shape index (κ3) is 5.91. The monoisotopic (exact) mass is 691 g/mol. The van der Waals surface area contributed by atoms with E-state index in [2.05, 4.69) is 211 Å². The van der Waals surface area contributed by atoms with Crippen LogP contribution in [0.2, 0.25) is 0 Å². The SMILES string of the molecule is c1ccc(-c2cccc(C3=NC(c4ccc(-c5c(-c6ccc7ccc8ccccc8c7c6)ccc6ccccc56)cc4)NC(c4ccccc4)N3)c2)cc1. The maximum absolute atomic E-state index is 5.30. The smallest absolute Gasteiger partial charge is 0.131 e. The quantitative estimate of drug-likeness (QED) is 0.170. The van der Waals surface area contributed by atoms with Crippen molar-refractivity contribution in [1.82, 2.24) is 10.6 Å². The number of hydrogen-bond acceptors (Lipinski definition) is 3. The van der Waals surface area contributed by atoms with Gasteiger partial charge in [0, 0.05) is 5.56 Å². The largest absolute Gasteiger partial charge is 0.350 e. The summed E-state index contributed by atoms with van der Waals surface area (Å²) in [6, 6.07) is 72.0. The van der Waals surface area contributed by atoms with Crippen molar-refractivity contribution in [2.45, 2.75) is 12.3 Å². The van der Waals surface area contributed by atoms with E-state index in [-0.39, 0.29) is 12.3 Å². The van der Waals surface area contributed by atoms with Crippen molar-refractivity contribution in [2.24, 2.45) is 4.99 Å². The topological polar surface area (TPSA) is 36.4 Å². The van der Waals surface area contributed by atoms with Crippen molar-refractivity contribution in [3.63, 3.8) is 0 Å². The highest BCUT2D eigenvalue weighted by molar-refractivity contribution is 6.10. The molecule has 0 saturated heterocycles. The summed E-state index contributed by atoms with van der Waals surface area (Å²) in [4.78, 5) is 5.30. The van der Waals surface area contributed by atoms with Gasteiger partial charge in [0.15, 0.2) is 0 Å². The van der Waals surface area contributed by atoms with Crippen molar-refractivity contribution in [3.05, 3.63) is 217 Å². The van der Waals surface area contributed by atoms with E-state index >= 15 is 0 Å². The lowest BCUT2D eigenvalue weighted by molar-refractivity contribution is 0.409. The Morgan fingerprint density at radius 2 is 0.963 bits per heavy atom. The van der Waals surface area contributed by atoms with Gasteiger partial charge in [0.2, 0.25) is 0 Å². The van der Waals surface area contributed by atoms with Crippen molar-refractivity contribution in [1.29, 1.82) is 0 Å². The second kappa shape index (κ2) is 13.6. The van der Waals surface area contributed by atoms with E-state index in [0.717, 1.165) is 22.5 Å². The van der Waals surface area contributed by atoms with Gasteiger partial charge in [-0.3, -0.25) is 5.32 Å². The van der Waals surface area contributed by atoms with Gasteiger partial charge >= 0.3 is 0 Å². The molecule has 0 bridgehead atoms. The highest BCUT2D eigenvalue weighted by Crippen LogP contribution is 2.40. The zero-order valence-corrected chi connectivity index (χ0v) is 29.7. The first-order valence-electron chi connectivity index (χ1n) is 18.6. The predicted molar refractivity (Wildman–Crippen MR) is 226 cm³/mol. The number of fused-ring (bicyclic) bond motifs is 4.